The van der Waals surface area contributed by atoms with Crippen molar-refractivity contribution < 1.29 is 4.79 Å². The Kier molecular flexibility index (Phi) is 4.29. The van der Waals surface area contributed by atoms with Gasteiger partial charge in [-0.3, -0.25) is 4.79 Å². The first kappa shape index (κ1) is 14.6. The molecule has 1 saturated carbocycles. The number of nitrogens with zero attached hydrogens (tertiary/aromatic N) is 1. The minimum Gasteiger partial charge on any atom is -0.315 e. The van der Waals surface area contributed by atoms with Crippen LogP contribution in [-0.2, 0) is 4.79 Å². The van der Waals surface area contributed by atoms with E-state index in [1.165, 1.54) is 37.7 Å². The summed E-state index contributed by atoms with van der Waals surface area (Å²) in [4.78, 5) is 14.0. The van der Waals surface area contributed by atoms with Crippen molar-refractivity contribution >= 4 is 11.6 Å². The molecule has 0 radical (unpaired) electrons. The summed E-state index contributed by atoms with van der Waals surface area (Å²) in [5, 5.41) is 3.82. The minimum atomic E-state index is 0.182. The van der Waals surface area contributed by atoms with Gasteiger partial charge in [-0.1, -0.05) is 44.4 Å². The van der Waals surface area contributed by atoms with Gasteiger partial charge in [0.2, 0.25) is 5.91 Å². The van der Waals surface area contributed by atoms with Gasteiger partial charge in [0, 0.05) is 31.2 Å². The van der Waals surface area contributed by atoms with Gasteiger partial charge in [0.25, 0.3) is 0 Å². The highest BCUT2D eigenvalue weighted by Crippen LogP contribution is 2.36. The highest BCUT2D eigenvalue weighted by atomic mass is 16.2. The van der Waals surface area contributed by atoms with Gasteiger partial charge < -0.3 is 10.2 Å². The lowest BCUT2D eigenvalue weighted by Gasteiger charge is -2.38. The molecule has 0 spiro atoms. The Labute approximate surface area is 127 Å². The highest BCUT2D eigenvalue weighted by Gasteiger charge is 2.32. The number of anilines is 1. The van der Waals surface area contributed by atoms with Gasteiger partial charge >= 0.3 is 0 Å². The number of rotatable bonds is 3. The maximum Gasteiger partial charge on any atom is 0.228 e. The third-order valence-electron chi connectivity index (χ3n) is 5.28. The van der Waals surface area contributed by atoms with Crippen molar-refractivity contribution in [1.82, 2.24) is 5.32 Å². The Morgan fingerprint density at radius 3 is 2.81 bits per heavy atom. The first-order valence-electron chi connectivity index (χ1n) is 8.32. The Hall–Kier alpha value is -1.35. The molecule has 1 aliphatic carbocycles. The second-order valence-electron chi connectivity index (χ2n) is 6.49. The van der Waals surface area contributed by atoms with Crippen molar-refractivity contribution in [3.8, 4) is 0 Å². The first-order valence-corrected chi connectivity index (χ1v) is 8.32. The van der Waals surface area contributed by atoms with Crippen LogP contribution in [0.25, 0.3) is 0 Å². The van der Waals surface area contributed by atoms with Crippen LogP contribution in [0.2, 0.25) is 0 Å². The van der Waals surface area contributed by atoms with E-state index in [4.69, 9.17) is 0 Å². The molecule has 1 heterocycles. The summed E-state index contributed by atoms with van der Waals surface area (Å²) < 4.78 is 0. The number of nitrogens with one attached hydrogen (secondary N) is 1. The zero-order valence-electron chi connectivity index (χ0n) is 13.1. The van der Waals surface area contributed by atoms with Crippen LogP contribution in [0.3, 0.4) is 0 Å². The van der Waals surface area contributed by atoms with E-state index in [1.807, 2.05) is 13.1 Å². The van der Waals surface area contributed by atoms with E-state index in [-0.39, 0.29) is 11.9 Å². The lowest BCUT2D eigenvalue weighted by molar-refractivity contribution is -0.119. The predicted octanol–water partition coefficient (Wildman–Crippen LogP) is 3.65. The maximum atomic E-state index is 12.2. The van der Waals surface area contributed by atoms with Gasteiger partial charge in [-0.15, -0.1) is 0 Å². The molecule has 3 unspecified atom stereocenters. The molecule has 1 aliphatic heterocycles. The van der Waals surface area contributed by atoms with E-state index in [1.54, 1.807) is 4.90 Å². The Bertz CT molecular complexity index is 514. The van der Waals surface area contributed by atoms with Crippen molar-refractivity contribution in [3.63, 3.8) is 0 Å². The summed E-state index contributed by atoms with van der Waals surface area (Å²) >= 11 is 0. The second kappa shape index (κ2) is 6.18. The van der Waals surface area contributed by atoms with Crippen LogP contribution >= 0.6 is 0 Å². The number of benzene rings is 1. The molecule has 3 rings (SSSR count). The van der Waals surface area contributed by atoms with Crippen LogP contribution in [0.1, 0.15) is 57.1 Å². The molecule has 1 fully saturated rings. The molecule has 0 bridgehead atoms. The summed E-state index contributed by atoms with van der Waals surface area (Å²) in [6.07, 6.45) is 7.08. The SMILES string of the molecule is CCC1CCCCC1NC1CC(=O)N(C)c2ccccc21. The van der Waals surface area contributed by atoms with E-state index in [0.717, 1.165) is 11.6 Å². The Morgan fingerprint density at radius 1 is 1.24 bits per heavy atom. The number of carbonyl (C=O) groups is 1. The quantitative estimate of drug-likeness (QED) is 0.920. The van der Waals surface area contributed by atoms with Crippen LogP contribution in [0.4, 0.5) is 5.69 Å². The molecule has 3 atom stereocenters. The average molecular weight is 286 g/mol. The maximum absolute atomic E-state index is 12.2. The summed E-state index contributed by atoms with van der Waals surface area (Å²) in [5.74, 6) is 0.982. The van der Waals surface area contributed by atoms with Crippen molar-refractivity contribution in [1.29, 1.82) is 0 Å². The molecule has 3 nitrogen and oxygen atoms in total. The minimum absolute atomic E-state index is 0.182. The fourth-order valence-electron chi connectivity index (χ4n) is 3.97. The van der Waals surface area contributed by atoms with Gasteiger partial charge in [-0.25, -0.2) is 0 Å². The monoisotopic (exact) mass is 286 g/mol. The van der Waals surface area contributed by atoms with Crippen LogP contribution in [0.15, 0.2) is 24.3 Å². The molecular weight excluding hydrogens is 260 g/mol. The molecule has 1 amide bonds. The van der Waals surface area contributed by atoms with E-state index < -0.39 is 0 Å². The molecule has 0 saturated heterocycles. The van der Waals surface area contributed by atoms with Gasteiger partial charge in [0.1, 0.15) is 0 Å². The zero-order valence-corrected chi connectivity index (χ0v) is 13.1. The lowest BCUT2D eigenvalue weighted by atomic mass is 9.81. The Balaban J connectivity index is 1.82. The smallest absolute Gasteiger partial charge is 0.228 e. The first-order chi connectivity index (χ1) is 10.2. The second-order valence-corrected chi connectivity index (χ2v) is 6.49. The normalized spacial score (nSPS) is 29.3. The Morgan fingerprint density at radius 2 is 2.00 bits per heavy atom. The number of carbonyl (C=O) groups excluding carboxylic acids is 1. The van der Waals surface area contributed by atoms with Crippen molar-refractivity contribution in [2.75, 3.05) is 11.9 Å². The number of para-hydroxylation sites is 1. The molecule has 21 heavy (non-hydrogen) atoms. The van der Waals surface area contributed by atoms with E-state index in [9.17, 15) is 4.79 Å². The largest absolute Gasteiger partial charge is 0.315 e. The van der Waals surface area contributed by atoms with Gasteiger partial charge in [-0.05, 0) is 30.4 Å². The predicted molar refractivity (Wildman–Crippen MR) is 86.4 cm³/mol. The summed E-state index contributed by atoms with van der Waals surface area (Å²) in [6, 6.07) is 9.06. The molecule has 1 aromatic rings. The lowest BCUT2D eigenvalue weighted by Crippen LogP contribution is -2.45. The van der Waals surface area contributed by atoms with Crippen molar-refractivity contribution in [3.05, 3.63) is 29.8 Å². The number of amides is 1. The highest BCUT2D eigenvalue weighted by molar-refractivity contribution is 5.96. The van der Waals surface area contributed by atoms with Crippen LogP contribution < -0.4 is 10.2 Å². The van der Waals surface area contributed by atoms with E-state index in [2.05, 4.69) is 30.4 Å². The number of hydrogen-bond acceptors (Lipinski definition) is 2. The summed E-state index contributed by atoms with van der Waals surface area (Å²) in [7, 11) is 1.88. The molecule has 114 valence electrons. The molecule has 1 aromatic carbocycles. The topological polar surface area (TPSA) is 32.3 Å². The third kappa shape index (κ3) is 2.84. The van der Waals surface area contributed by atoms with Crippen LogP contribution in [0, 0.1) is 5.92 Å². The number of hydrogen-bond donors (Lipinski definition) is 1. The molecule has 3 heteroatoms. The van der Waals surface area contributed by atoms with Gasteiger partial charge in [-0.2, -0.15) is 0 Å². The zero-order chi connectivity index (χ0) is 14.8. The van der Waals surface area contributed by atoms with Crippen LogP contribution in [0.5, 0.6) is 0 Å². The summed E-state index contributed by atoms with van der Waals surface area (Å²) in [6.45, 7) is 2.29. The fourth-order valence-corrected chi connectivity index (χ4v) is 3.97. The third-order valence-corrected chi connectivity index (χ3v) is 5.28. The van der Waals surface area contributed by atoms with Gasteiger partial charge in [0.05, 0.1) is 0 Å². The summed E-state index contributed by atoms with van der Waals surface area (Å²) in [5.41, 5.74) is 2.34. The fraction of sp³-hybridized carbons (Fsp3) is 0.611. The van der Waals surface area contributed by atoms with Crippen LogP contribution in [-0.4, -0.2) is 19.0 Å². The molecule has 1 N–H and O–H groups in total. The van der Waals surface area contributed by atoms with E-state index in [0.29, 0.717) is 12.5 Å². The van der Waals surface area contributed by atoms with Crippen molar-refractivity contribution in [2.24, 2.45) is 5.92 Å². The van der Waals surface area contributed by atoms with Crippen molar-refractivity contribution in [2.45, 2.75) is 57.5 Å². The standard InChI is InChI=1S/C18H26N2O/c1-3-13-8-4-6-10-15(13)19-16-12-18(21)20(2)17-11-7-5-9-14(16)17/h5,7,9,11,13,15-16,19H,3-4,6,8,10,12H2,1-2H3. The molecular formula is C18H26N2O. The molecule has 2 aliphatic rings. The van der Waals surface area contributed by atoms with E-state index >= 15 is 0 Å². The van der Waals surface area contributed by atoms with Gasteiger partial charge in [0.15, 0.2) is 0 Å². The molecule has 0 aromatic heterocycles. The average Bonchev–Trinajstić information content (AvgIpc) is 2.53. The number of fused-ring (bicyclic) bond motifs is 1.